The molecule has 3 aromatic rings. The van der Waals surface area contributed by atoms with E-state index in [2.05, 4.69) is 10.6 Å². The van der Waals surface area contributed by atoms with Crippen molar-refractivity contribution in [2.45, 2.75) is 19.4 Å². The molecule has 2 amide bonds. The average Bonchev–Trinajstić information content (AvgIpc) is 2.88. The normalized spacial score (nSPS) is 13.8. The SMILES string of the molecule is O=C(Nc1ccccc1)c1cccc(CNC(=O)C2CCN(c3ccccc3[N+](=O)[O-])CC2)c1. The minimum atomic E-state index is -0.373. The standard InChI is InChI=1S/C26H26N4O4/c31-25(20-13-15-29(16-14-20)23-11-4-5-12-24(23)30(33)34)27-18-19-7-6-8-21(17-19)26(32)28-22-9-2-1-3-10-22/h1-12,17,20H,13-16,18H2,(H,27,31)(H,28,32). The molecule has 0 spiro atoms. The van der Waals surface area contributed by atoms with Crippen molar-refractivity contribution in [3.8, 4) is 0 Å². The number of amides is 2. The van der Waals surface area contributed by atoms with Crippen LogP contribution in [0.2, 0.25) is 0 Å². The summed E-state index contributed by atoms with van der Waals surface area (Å²) in [5, 5.41) is 17.1. The first-order valence-corrected chi connectivity index (χ1v) is 11.2. The van der Waals surface area contributed by atoms with Gasteiger partial charge in [0.15, 0.2) is 0 Å². The minimum Gasteiger partial charge on any atom is -0.366 e. The van der Waals surface area contributed by atoms with Crippen LogP contribution >= 0.6 is 0 Å². The smallest absolute Gasteiger partial charge is 0.292 e. The van der Waals surface area contributed by atoms with Gasteiger partial charge in [0.25, 0.3) is 11.6 Å². The lowest BCUT2D eigenvalue weighted by molar-refractivity contribution is -0.384. The van der Waals surface area contributed by atoms with Crippen molar-refractivity contribution in [2.24, 2.45) is 5.92 Å². The van der Waals surface area contributed by atoms with Crippen molar-refractivity contribution in [3.05, 3.63) is 100 Å². The summed E-state index contributed by atoms with van der Waals surface area (Å²) in [5.41, 5.74) is 2.76. The van der Waals surface area contributed by atoms with Gasteiger partial charge in [-0.25, -0.2) is 0 Å². The zero-order chi connectivity index (χ0) is 23.9. The molecular formula is C26H26N4O4. The Balaban J connectivity index is 1.30. The Labute approximate surface area is 197 Å². The molecule has 34 heavy (non-hydrogen) atoms. The Kier molecular flexibility index (Phi) is 7.17. The van der Waals surface area contributed by atoms with Crippen LogP contribution in [0.4, 0.5) is 17.1 Å². The van der Waals surface area contributed by atoms with Gasteiger partial charge in [-0.05, 0) is 48.7 Å². The number of nitrogens with one attached hydrogen (secondary N) is 2. The molecule has 3 aromatic carbocycles. The van der Waals surface area contributed by atoms with E-state index in [0.717, 1.165) is 11.3 Å². The minimum absolute atomic E-state index is 0.0404. The number of rotatable bonds is 7. The summed E-state index contributed by atoms with van der Waals surface area (Å²) < 4.78 is 0. The molecule has 0 radical (unpaired) electrons. The van der Waals surface area contributed by atoms with Crippen LogP contribution in [0, 0.1) is 16.0 Å². The summed E-state index contributed by atoms with van der Waals surface area (Å²) in [5.74, 6) is -0.397. The number of benzene rings is 3. The number of nitro benzene ring substituents is 1. The molecule has 4 rings (SSSR count). The van der Waals surface area contributed by atoms with Gasteiger partial charge < -0.3 is 15.5 Å². The largest absolute Gasteiger partial charge is 0.366 e. The molecule has 0 aromatic heterocycles. The van der Waals surface area contributed by atoms with E-state index in [0.29, 0.717) is 43.7 Å². The number of carbonyl (C=O) groups excluding carboxylic acids is 2. The van der Waals surface area contributed by atoms with Crippen LogP contribution in [0.1, 0.15) is 28.8 Å². The molecule has 8 heteroatoms. The molecule has 0 unspecified atom stereocenters. The Hall–Kier alpha value is -4.20. The summed E-state index contributed by atoms with van der Waals surface area (Å²) in [6.07, 6.45) is 1.24. The monoisotopic (exact) mass is 458 g/mol. The Morgan fingerprint density at radius 1 is 0.941 bits per heavy atom. The highest BCUT2D eigenvalue weighted by atomic mass is 16.6. The first kappa shape index (κ1) is 23.0. The fraction of sp³-hybridized carbons (Fsp3) is 0.231. The molecule has 0 bridgehead atoms. The second-order valence-corrected chi connectivity index (χ2v) is 8.25. The van der Waals surface area contributed by atoms with Crippen molar-refractivity contribution in [1.29, 1.82) is 0 Å². The van der Waals surface area contributed by atoms with E-state index in [1.165, 1.54) is 6.07 Å². The fourth-order valence-corrected chi connectivity index (χ4v) is 4.15. The van der Waals surface area contributed by atoms with Crippen molar-refractivity contribution in [2.75, 3.05) is 23.3 Å². The number of para-hydroxylation sites is 3. The van der Waals surface area contributed by atoms with E-state index < -0.39 is 0 Å². The summed E-state index contributed by atoms with van der Waals surface area (Å²) >= 11 is 0. The van der Waals surface area contributed by atoms with Crippen LogP contribution in [0.3, 0.4) is 0 Å². The Morgan fingerprint density at radius 2 is 1.65 bits per heavy atom. The maximum Gasteiger partial charge on any atom is 0.292 e. The van der Waals surface area contributed by atoms with Gasteiger partial charge in [0, 0.05) is 42.9 Å². The summed E-state index contributed by atoms with van der Waals surface area (Å²) in [7, 11) is 0. The number of nitro groups is 1. The lowest BCUT2D eigenvalue weighted by Crippen LogP contribution is -2.40. The van der Waals surface area contributed by atoms with Gasteiger partial charge in [-0.1, -0.05) is 42.5 Å². The van der Waals surface area contributed by atoms with Gasteiger partial charge in [-0.3, -0.25) is 19.7 Å². The maximum atomic E-state index is 12.7. The quantitative estimate of drug-likeness (QED) is 0.404. The van der Waals surface area contributed by atoms with Crippen LogP contribution in [0.5, 0.6) is 0 Å². The second-order valence-electron chi connectivity index (χ2n) is 8.25. The second kappa shape index (κ2) is 10.6. The molecule has 8 nitrogen and oxygen atoms in total. The van der Waals surface area contributed by atoms with Gasteiger partial charge in [-0.15, -0.1) is 0 Å². The van der Waals surface area contributed by atoms with Gasteiger partial charge in [0.05, 0.1) is 4.92 Å². The zero-order valence-corrected chi connectivity index (χ0v) is 18.6. The summed E-state index contributed by atoms with van der Waals surface area (Å²) in [6.45, 7) is 1.49. The molecule has 0 saturated carbocycles. The van der Waals surface area contributed by atoms with Crippen molar-refractivity contribution in [1.82, 2.24) is 5.32 Å². The number of nitrogens with zero attached hydrogens (tertiary/aromatic N) is 2. The molecule has 0 atom stereocenters. The van der Waals surface area contributed by atoms with E-state index in [-0.39, 0.29) is 28.3 Å². The number of carbonyl (C=O) groups is 2. The topological polar surface area (TPSA) is 105 Å². The highest BCUT2D eigenvalue weighted by Crippen LogP contribution is 2.31. The number of anilines is 2. The lowest BCUT2D eigenvalue weighted by atomic mass is 9.95. The highest BCUT2D eigenvalue weighted by molar-refractivity contribution is 6.04. The van der Waals surface area contributed by atoms with E-state index in [9.17, 15) is 19.7 Å². The Bertz CT molecular complexity index is 1170. The molecule has 1 fully saturated rings. The summed E-state index contributed by atoms with van der Waals surface area (Å²) in [4.78, 5) is 38.2. The summed E-state index contributed by atoms with van der Waals surface area (Å²) in [6, 6.07) is 23.1. The molecule has 174 valence electrons. The zero-order valence-electron chi connectivity index (χ0n) is 18.6. The van der Waals surface area contributed by atoms with Crippen molar-refractivity contribution >= 4 is 28.9 Å². The first-order chi connectivity index (χ1) is 16.5. The third-order valence-corrected chi connectivity index (χ3v) is 5.97. The number of piperidine rings is 1. The lowest BCUT2D eigenvalue weighted by Gasteiger charge is -2.32. The predicted molar refractivity (Wildman–Crippen MR) is 131 cm³/mol. The van der Waals surface area contributed by atoms with Crippen molar-refractivity contribution < 1.29 is 14.5 Å². The van der Waals surface area contributed by atoms with Gasteiger partial charge >= 0.3 is 0 Å². The molecule has 2 N–H and O–H groups in total. The van der Waals surface area contributed by atoms with E-state index in [1.54, 1.807) is 36.4 Å². The van der Waals surface area contributed by atoms with Crippen LogP contribution in [0.25, 0.3) is 0 Å². The predicted octanol–water partition coefficient (Wildman–Crippen LogP) is 4.38. The van der Waals surface area contributed by atoms with Gasteiger partial charge in [0.2, 0.25) is 5.91 Å². The molecular weight excluding hydrogens is 432 g/mol. The highest BCUT2D eigenvalue weighted by Gasteiger charge is 2.28. The van der Waals surface area contributed by atoms with Crippen LogP contribution < -0.4 is 15.5 Å². The maximum absolute atomic E-state index is 12.7. The molecule has 1 aliphatic rings. The van der Waals surface area contributed by atoms with Crippen LogP contribution in [0.15, 0.2) is 78.9 Å². The fourth-order valence-electron chi connectivity index (χ4n) is 4.15. The third-order valence-electron chi connectivity index (χ3n) is 5.97. The van der Waals surface area contributed by atoms with Crippen molar-refractivity contribution in [3.63, 3.8) is 0 Å². The van der Waals surface area contributed by atoms with E-state index in [1.807, 2.05) is 41.3 Å². The third kappa shape index (κ3) is 5.58. The number of hydrogen-bond donors (Lipinski definition) is 2. The average molecular weight is 459 g/mol. The molecule has 0 aliphatic carbocycles. The van der Waals surface area contributed by atoms with Gasteiger partial charge in [-0.2, -0.15) is 0 Å². The van der Waals surface area contributed by atoms with E-state index >= 15 is 0 Å². The number of hydrogen-bond acceptors (Lipinski definition) is 5. The van der Waals surface area contributed by atoms with E-state index in [4.69, 9.17) is 0 Å². The molecule has 1 saturated heterocycles. The Morgan fingerprint density at radius 3 is 2.38 bits per heavy atom. The molecule has 1 heterocycles. The first-order valence-electron chi connectivity index (χ1n) is 11.2. The molecule has 1 aliphatic heterocycles. The van der Waals surface area contributed by atoms with Gasteiger partial charge in [0.1, 0.15) is 5.69 Å². The van der Waals surface area contributed by atoms with Crippen LogP contribution in [-0.4, -0.2) is 29.8 Å². The van der Waals surface area contributed by atoms with Crippen LogP contribution in [-0.2, 0) is 11.3 Å².